The standard InChI is InChI=1S/C14H16N2O3/c1-11-10-12(17)16(8-9-19-2)14(18)13(11)15-6-4-3-5-7-15/h3-7,10H,8-9H2,1-2H3/p+1. The third kappa shape index (κ3) is 2.66. The van der Waals surface area contributed by atoms with Crippen LogP contribution < -0.4 is 10.1 Å². The first-order chi connectivity index (χ1) is 9.15. The lowest BCUT2D eigenvalue weighted by Gasteiger charge is -2.10. The van der Waals surface area contributed by atoms with Crippen LogP contribution in [-0.2, 0) is 11.3 Å². The fourth-order valence-electron chi connectivity index (χ4n) is 2.01. The SMILES string of the molecule is COCCn1c(O)c(-[n+]2ccccc2)c(C)cc1=O. The molecule has 0 unspecified atom stereocenters. The van der Waals surface area contributed by atoms with Crippen molar-refractivity contribution in [3.8, 4) is 11.6 Å². The maximum absolute atomic E-state index is 11.9. The second-order valence-electron chi connectivity index (χ2n) is 4.27. The van der Waals surface area contributed by atoms with E-state index < -0.39 is 0 Å². The molecule has 0 aliphatic carbocycles. The van der Waals surface area contributed by atoms with Crippen LogP contribution in [-0.4, -0.2) is 23.4 Å². The lowest BCUT2D eigenvalue weighted by Crippen LogP contribution is -2.34. The van der Waals surface area contributed by atoms with E-state index in [1.165, 1.54) is 10.6 Å². The number of methoxy groups -OCH3 is 1. The smallest absolute Gasteiger partial charge is 0.274 e. The van der Waals surface area contributed by atoms with Gasteiger partial charge in [-0.05, 0) is 6.92 Å². The van der Waals surface area contributed by atoms with Gasteiger partial charge >= 0.3 is 0 Å². The average Bonchev–Trinajstić information content (AvgIpc) is 2.39. The summed E-state index contributed by atoms with van der Waals surface area (Å²) in [7, 11) is 1.56. The van der Waals surface area contributed by atoms with Crippen molar-refractivity contribution in [1.82, 2.24) is 4.57 Å². The molecule has 0 aliphatic heterocycles. The topological polar surface area (TPSA) is 55.3 Å². The van der Waals surface area contributed by atoms with E-state index in [0.29, 0.717) is 18.8 Å². The van der Waals surface area contributed by atoms with Crippen LogP contribution in [0.2, 0.25) is 0 Å². The zero-order valence-corrected chi connectivity index (χ0v) is 11.0. The van der Waals surface area contributed by atoms with Gasteiger partial charge in [0.15, 0.2) is 12.4 Å². The van der Waals surface area contributed by atoms with E-state index in [9.17, 15) is 9.90 Å². The highest BCUT2D eigenvalue weighted by Gasteiger charge is 2.20. The minimum absolute atomic E-state index is 0.0433. The number of ether oxygens (including phenoxy) is 1. The molecule has 0 radical (unpaired) electrons. The van der Waals surface area contributed by atoms with Crippen LogP contribution in [0, 0.1) is 6.92 Å². The summed E-state index contributed by atoms with van der Waals surface area (Å²) in [6.45, 7) is 2.49. The van der Waals surface area contributed by atoms with Crippen molar-refractivity contribution in [2.75, 3.05) is 13.7 Å². The molecule has 100 valence electrons. The normalized spacial score (nSPS) is 10.6. The van der Waals surface area contributed by atoms with Gasteiger partial charge in [0.1, 0.15) is 0 Å². The number of pyridine rings is 2. The number of aryl methyl sites for hydroxylation is 1. The van der Waals surface area contributed by atoms with E-state index in [1.807, 2.05) is 30.6 Å². The molecule has 0 spiro atoms. The first-order valence-corrected chi connectivity index (χ1v) is 6.04. The van der Waals surface area contributed by atoms with Crippen molar-refractivity contribution in [2.24, 2.45) is 0 Å². The molecule has 5 nitrogen and oxygen atoms in total. The lowest BCUT2D eigenvalue weighted by atomic mass is 10.2. The van der Waals surface area contributed by atoms with Crippen molar-refractivity contribution in [2.45, 2.75) is 13.5 Å². The third-order valence-electron chi connectivity index (χ3n) is 2.94. The highest BCUT2D eigenvalue weighted by Crippen LogP contribution is 2.18. The number of aromatic nitrogens is 2. The quantitative estimate of drug-likeness (QED) is 0.828. The Bertz CT molecular complexity index is 621. The van der Waals surface area contributed by atoms with E-state index in [1.54, 1.807) is 18.6 Å². The maximum Gasteiger partial charge on any atom is 0.274 e. The molecular weight excluding hydrogens is 244 g/mol. The minimum Gasteiger partial charge on any atom is -0.490 e. The van der Waals surface area contributed by atoms with Gasteiger partial charge in [0, 0.05) is 30.9 Å². The molecule has 0 aromatic carbocycles. The molecule has 2 aromatic rings. The predicted octanol–water partition coefficient (Wildman–Crippen LogP) is 0.785. The number of hydrogen-bond acceptors (Lipinski definition) is 3. The van der Waals surface area contributed by atoms with Crippen LogP contribution in [0.25, 0.3) is 5.69 Å². The molecule has 0 bridgehead atoms. The Labute approximate surface area is 111 Å². The molecule has 1 N–H and O–H groups in total. The summed E-state index contributed by atoms with van der Waals surface area (Å²) in [5, 5.41) is 10.3. The summed E-state index contributed by atoms with van der Waals surface area (Å²) in [6, 6.07) is 7.14. The highest BCUT2D eigenvalue weighted by molar-refractivity contribution is 5.40. The van der Waals surface area contributed by atoms with Gasteiger partial charge in [0.25, 0.3) is 17.1 Å². The molecule has 0 aliphatic rings. The van der Waals surface area contributed by atoms with Crippen LogP contribution in [0.5, 0.6) is 5.88 Å². The number of aromatic hydroxyl groups is 1. The van der Waals surface area contributed by atoms with E-state index in [4.69, 9.17) is 4.74 Å². The molecular formula is C14H17N2O3+. The van der Waals surface area contributed by atoms with Crippen molar-refractivity contribution >= 4 is 0 Å². The highest BCUT2D eigenvalue weighted by atomic mass is 16.5. The van der Waals surface area contributed by atoms with Crippen molar-refractivity contribution in [3.63, 3.8) is 0 Å². The van der Waals surface area contributed by atoms with E-state index in [2.05, 4.69) is 0 Å². The number of hydrogen-bond donors (Lipinski definition) is 1. The molecule has 2 rings (SSSR count). The van der Waals surface area contributed by atoms with Gasteiger partial charge in [0.05, 0.1) is 13.2 Å². The van der Waals surface area contributed by atoms with E-state index >= 15 is 0 Å². The second kappa shape index (κ2) is 5.67. The predicted molar refractivity (Wildman–Crippen MR) is 70.5 cm³/mol. The van der Waals surface area contributed by atoms with Gasteiger partial charge < -0.3 is 9.84 Å². The van der Waals surface area contributed by atoms with Crippen molar-refractivity contribution in [1.29, 1.82) is 0 Å². The Morgan fingerprint density at radius 2 is 2.00 bits per heavy atom. The summed E-state index contributed by atoms with van der Waals surface area (Å²) in [6.07, 6.45) is 3.65. The molecule has 19 heavy (non-hydrogen) atoms. The van der Waals surface area contributed by atoms with Gasteiger partial charge in [-0.3, -0.25) is 9.36 Å². The molecule has 0 amide bonds. The third-order valence-corrected chi connectivity index (χ3v) is 2.94. The Balaban J connectivity index is 2.58. The van der Waals surface area contributed by atoms with Gasteiger partial charge in [-0.25, -0.2) is 0 Å². The number of rotatable bonds is 4. The Kier molecular flexibility index (Phi) is 3.97. The Morgan fingerprint density at radius 3 is 2.63 bits per heavy atom. The molecule has 0 saturated heterocycles. The molecule has 0 saturated carbocycles. The number of nitrogens with zero attached hydrogens (tertiary/aromatic N) is 2. The first kappa shape index (κ1) is 13.3. The minimum atomic E-state index is -0.229. The average molecular weight is 261 g/mol. The maximum atomic E-state index is 11.9. The molecule has 0 fully saturated rings. The fraction of sp³-hybridized carbons (Fsp3) is 0.286. The van der Waals surface area contributed by atoms with E-state index in [0.717, 1.165) is 5.56 Å². The van der Waals surface area contributed by atoms with Crippen LogP contribution >= 0.6 is 0 Å². The molecule has 2 heterocycles. The molecule has 0 atom stereocenters. The summed E-state index contributed by atoms with van der Waals surface area (Å²) in [5.74, 6) is -0.0433. The van der Waals surface area contributed by atoms with Crippen molar-refractivity contribution < 1.29 is 14.4 Å². The fourth-order valence-corrected chi connectivity index (χ4v) is 2.01. The van der Waals surface area contributed by atoms with Gasteiger partial charge in [0.2, 0.25) is 0 Å². The van der Waals surface area contributed by atoms with Crippen LogP contribution in [0.1, 0.15) is 5.56 Å². The van der Waals surface area contributed by atoms with Crippen molar-refractivity contribution in [3.05, 3.63) is 52.6 Å². The summed E-state index contributed by atoms with van der Waals surface area (Å²) in [4.78, 5) is 11.9. The molecule has 2 aromatic heterocycles. The zero-order valence-electron chi connectivity index (χ0n) is 11.0. The van der Waals surface area contributed by atoms with Crippen LogP contribution in [0.4, 0.5) is 0 Å². The van der Waals surface area contributed by atoms with Crippen LogP contribution in [0.3, 0.4) is 0 Å². The van der Waals surface area contributed by atoms with Gasteiger partial charge in [-0.1, -0.05) is 6.07 Å². The zero-order chi connectivity index (χ0) is 13.8. The van der Waals surface area contributed by atoms with Crippen LogP contribution in [0.15, 0.2) is 41.5 Å². The summed E-state index contributed by atoms with van der Waals surface area (Å²) >= 11 is 0. The Morgan fingerprint density at radius 1 is 1.32 bits per heavy atom. The molecule has 5 heteroatoms. The van der Waals surface area contributed by atoms with Gasteiger partial charge in [-0.15, -0.1) is 0 Å². The first-order valence-electron chi connectivity index (χ1n) is 6.04. The second-order valence-corrected chi connectivity index (χ2v) is 4.27. The largest absolute Gasteiger partial charge is 0.490 e. The monoisotopic (exact) mass is 261 g/mol. The lowest BCUT2D eigenvalue weighted by molar-refractivity contribution is -0.597. The Hall–Kier alpha value is -2.14. The summed E-state index contributed by atoms with van der Waals surface area (Å²) < 4.78 is 8.05. The summed E-state index contributed by atoms with van der Waals surface area (Å²) in [5.41, 5.74) is 1.11. The van der Waals surface area contributed by atoms with E-state index in [-0.39, 0.29) is 11.4 Å². The van der Waals surface area contributed by atoms with Gasteiger partial charge in [-0.2, -0.15) is 4.57 Å².